The molecule has 0 fully saturated rings. The number of ether oxygens (including phenoxy) is 1. The molecule has 0 radical (unpaired) electrons. The molecule has 128 valence electrons. The van der Waals surface area contributed by atoms with E-state index in [2.05, 4.69) is 6.92 Å². The molecule has 0 aliphatic heterocycles. The zero-order chi connectivity index (χ0) is 17.1. The first-order valence-electron chi connectivity index (χ1n) is 8.15. The van der Waals surface area contributed by atoms with Gasteiger partial charge in [0, 0.05) is 25.8 Å². The summed E-state index contributed by atoms with van der Waals surface area (Å²) in [5.41, 5.74) is 0.461. The monoisotopic (exact) mass is 322 g/mol. The van der Waals surface area contributed by atoms with E-state index in [1.807, 2.05) is 0 Å². The van der Waals surface area contributed by atoms with Gasteiger partial charge >= 0.3 is 0 Å². The smallest absolute Gasteiger partial charge is 0.271 e. The number of hydrogen-bond donors (Lipinski definition) is 0. The first-order chi connectivity index (χ1) is 11.1. The molecule has 0 aliphatic rings. The zero-order valence-electron chi connectivity index (χ0n) is 14.0. The predicted molar refractivity (Wildman–Crippen MR) is 90.7 cm³/mol. The van der Waals surface area contributed by atoms with Crippen LogP contribution in [0.1, 0.15) is 45.4 Å². The number of nitrogens with zero attached hydrogens (tertiary/aromatic N) is 2. The lowest BCUT2D eigenvalue weighted by Crippen LogP contribution is -2.30. The van der Waals surface area contributed by atoms with Gasteiger partial charge in [0.25, 0.3) is 11.6 Å². The molecule has 1 rings (SSSR count). The van der Waals surface area contributed by atoms with Crippen molar-refractivity contribution in [1.82, 2.24) is 0 Å². The average Bonchev–Trinajstić information content (AvgIpc) is 2.56. The maximum atomic E-state index is 12.0. The van der Waals surface area contributed by atoms with E-state index in [4.69, 9.17) is 4.74 Å². The molecule has 6 heteroatoms. The molecule has 0 aliphatic carbocycles. The van der Waals surface area contributed by atoms with Crippen LogP contribution >= 0.6 is 0 Å². The van der Waals surface area contributed by atoms with Gasteiger partial charge in [-0.25, -0.2) is 0 Å². The molecule has 23 heavy (non-hydrogen) atoms. The Morgan fingerprint density at radius 2 is 1.91 bits per heavy atom. The molecule has 0 aromatic heterocycles. The minimum Gasteiger partial charge on any atom is -0.372 e. The lowest BCUT2D eigenvalue weighted by Gasteiger charge is -2.17. The molecule has 6 nitrogen and oxygen atoms in total. The average molecular weight is 322 g/mol. The molecule has 0 spiro atoms. The third-order valence-electron chi connectivity index (χ3n) is 3.67. The summed E-state index contributed by atoms with van der Waals surface area (Å²) in [5.74, 6) is -0.212. The Bertz CT molecular complexity index is 505. The summed E-state index contributed by atoms with van der Waals surface area (Å²) in [6.07, 6.45) is 7.04. The van der Waals surface area contributed by atoms with Crippen LogP contribution in [0.4, 0.5) is 11.4 Å². The number of nitro benzene ring substituents is 1. The van der Waals surface area contributed by atoms with Gasteiger partial charge in [-0.2, -0.15) is 0 Å². The van der Waals surface area contributed by atoms with Crippen molar-refractivity contribution in [2.24, 2.45) is 0 Å². The summed E-state index contributed by atoms with van der Waals surface area (Å²) in [4.78, 5) is 23.7. The number of benzene rings is 1. The number of carbonyl (C=O) groups is 1. The maximum Gasteiger partial charge on any atom is 0.271 e. The Morgan fingerprint density at radius 1 is 1.22 bits per heavy atom. The van der Waals surface area contributed by atoms with Gasteiger partial charge in [-0.1, -0.05) is 45.1 Å². The second-order valence-corrected chi connectivity index (χ2v) is 5.55. The first-order valence-corrected chi connectivity index (χ1v) is 8.15. The quantitative estimate of drug-likeness (QED) is 0.351. The fourth-order valence-electron chi connectivity index (χ4n) is 2.20. The van der Waals surface area contributed by atoms with Crippen LogP contribution in [-0.4, -0.2) is 31.1 Å². The van der Waals surface area contributed by atoms with E-state index in [-0.39, 0.29) is 18.2 Å². The number of non-ortho nitro benzene ring substituents is 1. The van der Waals surface area contributed by atoms with Crippen molar-refractivity contribution in [2.75, 3.05) is 25.2 Å². The number of nitro groups is 1. The van der Waals surface area contributed by atoms with Gasteiger partial charge in [-0.15, -0.1) is 0 Å². The Hall–Kier alpha value is -1.95. The molecular weight excluding hydrogens is 296 g/mol. The predicted octanol–water partition coefficient (Wildman–Crippen LogP) is 3.93. The fourth-order valence-corrected chi connectivity index (χ4v) is 2.20. The number of unbranched alkanes of at least 4 members (excludes halogenated alkanes) is 5. The second-order valence-electron chi connectivity index (χ2n) is 5.55. The minimum absolute atomic E-state index is 0.00580. The summed E-state index contributed by atoms with van der Waals surface area (Å²) in [7, 11) is 1.59. The normalized spacial score (nSPS) is 10.5. The molecule has 0 unspecified atom stereocenters. The lowest BCUT2D eigenvalue weighted by atomic mass is 10.1. The summed E-state index contributed by atoms with van der Waals surface area (Å²) in [6.45, 7) is 2.75. The summed E-state index contributed by atoms with van der Waals surface area (Å²) < 4.78 is 5.40. The largest absolute Gasteiger partial charge is 0.372 e. The van der Waals surface area contributed by atoms with Crippen LogP contribution < -0.4 is 4.90 Å². The molecule has 1 aromatic rings. The maximum absolute atomic E-state index is 12.0. The molecule has 0 heterocycles. The third kappa shape index (κ3) is 7.23. The molecule has 0 saturated heterocycles. The number of carbonyl (C=O) groups excluding carboxylic acids is 1. The fraction of sp³-hybridized carbons (Fsp3) is 0.588. The van der Waals surface area contributed by atoms with Crippen LogP contribution in [0.15, 0.2) is 24.3 Å². The second kappa shape index (κ2) is 10.7. The molecule has 0 N–H and O–H groups in total. The highest BCUT2D eigenvalue weighted by molar-refractivity contribution is 5.94. The van der Waals surface area contributed by atoms with E-state index in [9.17, 15) is 14.9 Å². The summed E-state index contributed by atoms with van der Waals surface area (Å²) in [6, 6.07) is 6.01. The van der Waals surface area contributed by atoms with Gasteiger partial charge in [0.15, 0.2) is 0 Å². The van der Waals surface area contributed by atoms with E-state index in [1.54, 1.807) is 19.2 Å². The van der Waals surface area contributed by atoms with Crippen molar-refractivity contribution in [2.45, 2.75) is 45.4 Å². The van der Waals surface area contributed by atoms with Crippen LogP contribution in [0.3, 0.4) is 0 Å². The zero-order valence-corrected chi connectivity index (χ0v) is 14.0. The Balaban J connectivity index is 2.29. The van der Waals surface area contributed by atoms with Crippen LogP contribution in [0, 0.1) is 10.1 Å². The summed E-state index contributed by atoms with van der Waals surface area (Å²) >= 11 is 0. The number of amides is 1. The topological polar surface area (TPSA) is 72.7 Å². The first kappa shape index (κ1) is 19.1. The van der Waals surface area contributed by atoms with Gasteiger partial charge in [-0.3, -0.25) is 14.9 Å². The Kier molecular flexibility index (Phi) is 8.90. The van der Waals surface area contributed by atoms with E-state index >= 15 is 0 Å². The van der Waals surface area contributed by atoms with E-state index in [0.29, 0.717) is 12.3 Å². The van der Waals surface area contributed by atoms with Gasteiger partial charge in [-0.05, 0) is 12.5 Å². The highest BCUT2D eigenvalue weighted by atomic mass is 16.6. The summed E-state index contributed by atoms with van der Waals surface area (Å²) in [5, 5.41) is 10.8. The lowest BCUT2D eigenvalue weighted by molar-refractivity contribution is -0.384. The number of likely N-dealkylation sites (N-methyl/N-ethyl adjacent to an activating group) is 1. The molecular formula is C17H26N2O4. The van der Waals surface area contributed by atoms with E-state index in [1.165, 1.54) is 42.7 Å². The van der Waals surface area contributed by atoms with Crippen molar-refractivity contribution in [3.8, 4) is 0 Å². The SMILES string of the molecule is CCCCCCCCOCC(=O)N(C)c1cccc([N+](=O)[O-])c1. The van der Waals surface area contributed by atoms with Crippen LogP contribution in [0.2, 0.25) is 0 Å². The van der Waals surface area contributed by atoms with Crippen molar-refractivity contribution in [3.05, 3.63) is 34.4 Å². The third-order valence-corrected chi connectivity index (χ3v) is 3.67. The number of hydrogen-bond acceptors (Lipinski definition) is 4. The van der Waals surface area contributed by atoms with E-state index in [0.717, 1.165) is 12.8 Å². The molecule has 0 bridgehead atoms. The van der Waals surface area contributed by atoms with Gasteiger partial charge in [0.1, 0.15) is 6.61 Å². The van der Waals surface area contributed by atoms with Gasteiger partial charge in [0.2, 0.25) is 0 Å². The molecule has 0 saturated carbocycles. The Morgan fingerprint density at radius 3 is 2.61 bits per heavy atom. The van der Waals surface area contributed by atoms with Crippen LogP contribution in [0.25, 0.3) is 0 Å². The van der Waals surface area contributed by atoms with Crippen molar-refractivity contribution < 1.29 is 14.5 Å². The van der Waals surface area contributed by atoms with Gasteiger partial charge < -0.3 is 9.64 Å². The van der Waals surface area contributed by atoms with E-state index < -0.39 is 4.92 Å². The van der Waals surface area contributed by atoms with Crippen LogP contribution in [0.5, 0.6) is 0 Å². The Labute approximate surface area is 137 Å². The molecule has 1 aromatic carbocycles. The number of rotatable bonds is 11. The van der Waals surface area contributed by atoms with Crippen molar-refractivity contribution in [1.29, 1.82) is 0 Å². The van der Waals surface area contributed by atoms with Crippen molar-refractivity contribution in [3.63, 3.8) is 0 Å². The molecule has 0 atom stereocenters. The van der Waals surface area contributed by atoms with Crippen molar-refractivity contribution >= 4 is 17.3 Å². The number of anilines is 1. The van der Waals surface area contributed by atoms with Gasteiger partial charge in [0.05, 0.1) is 10.6 Å². The highest BCUT2D eigenvalue weighted by Crippen LogP contribution is 2.20. The molecule has 1 amide bonds. The highest BCUT2D eigenvalue weighted by Gasteiger charge is 2.14. The minimum atomic E-state index is -0.475. The standard InChI is InChI=1S/C17H26N2O4/c1-3-4-5-6-7-8-12-23-14-17(20)18(2)15-10-9-11-16(13-15)19(21)22/h9-11,13H,3-8,12,14H2,1-2H3. The van der Waals surface area contributed by atoms with Crippen LogP contribution in [-0.2, 0) is 9.53 Å².